The third kappa shape index (κ3) is 4.97. The largest absolute Gasteiger partial charge is 0.497 e. The fourth-order valence-electron chi connectivity index (χ4n) is 4.73. The number of hydrogen-bond acceptors (Lipinski definition) is 5. The molecule has 1 unspecified atom stereocenters. The molecule has 2 aliphatic heterocycles. The predicted octanol–water partition coefficient (Wildman–Crippen LogP) is 2.93. The standard InChI is InChI=1S/C22H34N2O4/c1-3-28-21(26)23-12-8-19(9-13-23)24-11-5-10-22(16-24,17-25)15-18-6-4-7-20(14-18)27-2/h4,6-7,14,19,25H,3,5,8-13,15-17H2,1-2H3. The van der Waals surface area contributed by atoms with Crippen LogP contribution in [0.15, 0.2) is 24.3 Å². The van der Waals surface area contributed by atoms with Crippen LogP contribution in [0.4, 0.5) is 4.79 Å². The number of aliphatic hydroxyl groups excluding tert-OH is 1. The van der Waals surface area contributed by atoms with Gasteiger partial charge in [-0.2, -0.15) is 0 Å². The van der Waals surface area contributed by atoms with Crippen LogP contribution in [-0.4, -0.2) is 73.5 Å². The number of carbonyl (C=O) groups is 1. The number of carbonyl (C=O) groups excluding carboxylic acids is 1. The second kappa shape index (κ2) is 9.61. The van der Waals surface area contributed by atoms with Crippen LogP contribution in [0.1, 0.15) is 38.2 Å². The molecule has 2 aliphatic rings. The number of benzene rings is 1. The molecule has 0 radical (unpaired) electrons. The number of rotatable bonds is 6. The molecule has 0 saturated carbocycles. The minimum absolute atomic E-state index is 0.108. The van der Waals surface area contributed by atoms with Crippen LogP contribution >= 0.6 is 0 Å². The maximum absolute atomic E-state index is 11.9. The van der Waals surface area contributed by atoms with Gasteiger partial charge in [-0.15, -0.1) is 0 Å². The normalized spacial score (nSPS) is 24.2. The number of methoxy groups -OCH3 is 1. The lowest BCUT2D eigenvalue weighted by atomic mass is 9.75. The Kier molecular flexibility index (Phi) is 7.18. The van der Waals surface area contributed by atoms with Gasteiger partial charge in [-0.3, -0.25) is 4.90 Å². The van der Waals surface area contributed by atoms with Gasteiger partial charge >= 0.3 is 6.09 Å². The van der Waals surface area contributed by atoms with E-state index in [1.807, 2.05) is 24.0 Å². The number of nitrogens with zero attached hydrogens (tertiary/aromatic N) is 2. The van der Waals surface area contributed by atoms with Gasteiger partial charge in [0.25, 0.3) is 0 Å². The molecule has 28 heavy (non-hydrogen) atoms. The van der Waals surface area contributed by atoms with E-state index in [1.165, 1.54) is 5.56 Å². The SMILES string of the molecule is CCOC(=O)N1CCC(N2CCCC(CO)(Cc3cccc(OC)c3)C2)CC1. The van der Waals surface area contributed by atoms with Crippen molar-refractivity contribution in [2.45, 2.75) is 45.1 Å². The Hall–Kier alpha value is -1.79. The first-order chi connectivity index (χ1) is 13.6. The summed E-state index contributed by atoms with van der Waals surface area (Å²) in [4.78, 5) is 16.3. The molecule has 2 saturated heterocycles. The van der Waals surface area contributed by atoms with Gasteiger partial charge in [0.1, 0.15) is 5.75 Å². The fourth-order valence-corrected chi connectivity index (χ4v) is 4.73. The number of piperidine rings is 2. The highest BCUT2D eigenvalue weighted by atomic mass is 16.6. The van der Waals surface area contributed by atoms with E-state index in [0.29, 0.717) is 12.6 Å². The molecule has 0 spiro atoms. The molecule has 6 nitrogen and oxygen atoms in total. The molecule has 2 fully saturated rings. The van der Waals surface area contributed by atoms with Crippen LogP contribution in [0.3, 0.4) is 0 Å². The van der Waals surface area contributed by atoms with E-state index < -0.39 is 0 Å². The fraction of sp³-hybridized carbons (Fsp3) is 0.682. The van der Waals surface area contributed by atoms with Crippen molar-refractivity contribution in [2.75, 3.05) is 46.5 Å². The molecule has 1 amide bonds. The van der Waals surface area contributed by atoms with E-state index in [-0.39, 0.29) is 18.1 Å². The quantitative estimate of drug-likeness (QED) is 0.809. The zero-order chi connectivity index (χ0) is 20.0. The van der Waals surface area contributed by atoms with E-state index in [1.54, 1.807) is 7.11 Å². The van der Waals surface area contributed by atoms with Crippen LogP contribution in [0, 0.1) is 5.41 Å². The summed E-state index contributed by atoms with van der Waals surface area (Å²) >= 11 is 0. The highest BCUT2D eigenvalue weighted by Gasteiger charge is 2.38. The molecule has 6 heteroatoms. The van der Waals surface area contributed by atoms with Crippen LogP contribution < -0.4 is 4.74 Å². The summed E-state index contributed by atoms with van der Waals surface area (Å²) in [5, 5.41) is 10.3. The van der Waals surface area contributed by atoms with Crippen molar-refractivity contribution in [3.8, 4) is 5.75 Å². The number of likely N-dealkylation sites (tertiary alicyclic amines) is 2. The second-order valence-electron chi connectivity index (χ2n) is 8.18. The van der Waals surface area contributed by atoms with Gasteiger partial charge in [-0.05, 0) is 63.3 Å². The molecular weight excluding hydrogens is 356 g/mol. The second-order valence-corrected chi connectivity index (χ2v) is 8.18. The van der Waals surface area contributed by atoms with Gasteiger partial charge in [0.05, 0.1) is 20.3 Å². The summed E-state index contributed by atoms with van der Waals surface area (Å²) in [6, 6.07) is 8.65. The maximum Gasteiger partial charge on any atom is 0.409 e. The Morgan fingerprint density at radius 1 is 1.29 bits per heavy atom. The minimum atomic E-state index is -0.192. The summed E-state index contributed by atoms with van der Waals surface area (Å²) in [5.41, 5.74) is 1.11. The van der Waals surface area contributed by atoms with Crippen LogP contribution in [0.2, 0.25) is 0 Å². The van der Waals surface area contributed by atoms with Crippen molar-refractivity contribution in [1.29, 1.82) is 0 Å². The predicted molar refractivity (Wildman–Crippen MR) is 109 cm³/mol. The van der Waals surface area contributed by atoms with Crippen molar-refractivity contribution in [3.05, 3.63) is 29.8 Å². The summed E-state index contributed by atoms with van der Waals surface area (Å²) in [6.07, 6.45) is 4.75. The molecule has 3 rings (SSSR count). The summed E-state index contributed by atoms with van der Waals surface area (Å²) in [6.45, 7) is 5.95. The molecule has 0 aromatic heterocycles. The van der Waals surface area contributed by atoms with Crippen molar-refractivity contribution in [2.24, 2.45) is 5.41 Å². The van der Waals surface area contributed by atoms with Crippen molar-refractivity contribution < 1.29 is 19.4 Å². The lowest BCUT2D eigenvalue weighted by Gasteiger charge is -2.47. The Morgan fingerprint density at radius 3 is 2.75 bits per heavy atom. The van der Waals surface area contributed by atoms with Crippen LogP contribution in [-0.2, 0) is 11.2 Å². The third-order valence-corrected chi connectivity index (χ3v) is 6.25. The number of ether oxygens (including phenoxy) is 2. The Labute approximate surface area is 168 Å². The summed E-state index contributed by atoms with van der Waals surface area (Å²) in [5.74, 6) is 0.865. The summed E-state index contributed by atoms with van der Waals surface area (Å²) < 4.78 is 10.5. The first-order valence-corrected chi connectivity index (χ1v) is 10.5. The minimum Gasteiger partial charge on any atom is -0.497 e. The average Bonchev–Trinajstić information content (AvgIpc) is 2.74. The highest BCUT2D eigenvalue weighted by molar-refractivity contribution is 5.67. The molecule has 1 atom stereocenters. The Bertz CT molecular complexity index is 645. The first-order valence-electron chi connectivity index (χ1n) is 10.5. The number of hydrogen-bond donors (Lipinski definition) is 1. The van der Waals surface area contributed by atoms with Crippen LogP contribution in [0.5, 0.6) is 5.75 Å². The lowest BCUT2D eigenvalue weighted by Crippen LogP contribution is -2.53. The van der Waals surface area contributed by atoms with Crippen molar-refractivity contribution >= 4 is 6.09 Å². The number of aliphatic hydroxyl groups is 1. The Morgan fingerprint density at radius 2 is 2.07 bits per heavy atom. The zero-order valence-electron chi connectivity index (χ0n) is 17.2. The number of amides is 1. The molecule has 1 aromatic rings. The van der Waals surface area contributed by atoms with E-state index in [0.717, 1.165) is 64.0 Å². The molecule has 0 bridgehead atoms. The van der Waals surface area contributed by atoms with E-state index in [4.69, 9.17) is 9.47 Å². The first kappa shape index (κ1) is 20.9. The van der Waals surface area contributed by atoms with Gasteiger partial charge in [0.2, 0.25) is 0 Å². The smallest absolute Gasteiger partial charge is 0.409 e. The van der Waals surface area contributed by atoms with Gasteiger partial charge in [0, 0.05) is 31.1 Å². The van der Waals surface area contributed by atoms with Crippen LogP contribution in [0.25, 0.3) is 0 Å². The monoisotopic (exact) mass is 390 g/mol. The van der Waals surface area contributed by atoms with E-state index in [9.17, 15) is 9.90 Å². The third-order valence-electron chi connectivity index (χ3n) is 6.25. The molecule has 2 heterocycles. The van der Waals surface area contributed by atoms with Crippen molar-refractivity contribution in [3.63, 3.8) is 0 Å². The van der Waals surface area contributed by atoms with Crippen molar-refractivity contribution in [1.82, 2.24) is 9.80 Å². The average molecular weight is 391 g/mol. The Balaban J connectivity index is 1.61. The van der Waals surface area contributed by atoms with Gasteiger partial charge < -0.3 is 19.5 Å². The van der Waals surface area contributed by atoms with Gasteiger partial charge in [-0.25, -0.2) is 4.79 Å². The molecule has 1 aromatic carbocycles. The zero-order valence-corrected chi connectivity index (χ0v) is 17.2. The molecule has 0 aliphatic carbocycles. The van der Waals surface area contributed by atoms with E-state index >= 15 is 0 Å². The lowest BCUT2D eigenvalue weighted by molar-refractivity contribution is -0.00297. The highest BCUT2D eigenvalue weighted by Crippen LogP contribution is 2.36. The topological polar surface area (TPSA) is 62.2 Å². The maximum atomic E-state index is 11.9. The van der Waals surface area contributed by atoms with Gasteiger partial charge in [0.15, 0.2) is 0 Å². The van der Waals surface area contributed by atoms with E-state index in [2.05, 4.69) is 17.0 Å². The molecule has 1 N–H and O–H groups in total. The van der Waals surface area contributed by atoms with Gasteiger partial charge in [-0.1, -0.05) is 12.1 Å². The summed E-state index contributed by atoms with van der Waals surface area (Å²) in [7, 11) is 1.69. The molecular formula is C22H34N2O4. The molecule has 156 valence electrons.